The van der Waals surface area contributed by atoms with E-state index in [-0.39, 0.29) is 12.6 Å². The molecule has 0 bridgehead atoms. The van der Waals surface area contributed by atoms with E-state index in [9.17, 15) is 5.11 Å². The van der Waals surface area contributed by atoms with E-state index in [2.05, 4.69) is 36.1 Å². The molecule has 100 valence electrons. The van der Waals surface area contributed by atoms with E-state index in [0.717, 1.165) is 13.0 Å². The summed E-state index contributed by atoms with van der Waals surface area (Å²) in [5.74, 6) is 0.569. The van der Waals surface area contributed by atoms with Gasteiger partial charge in [0, 0.05) is 12.1 Å². The van der Waals surface area contributed by atoms with Gasteiger partial charge in [-0.1, -0.05) is 37.3 Å². The number of benzene rings is 1. The Morgan fingerprint density at radius 3 is 2.72 bits per heavy atom. The molecule has 2 rings (SSSR count). The fraction of sp³-hybridized carbons (Fsp3) is 0.600. The molecule has 1 fully saturated rings. The number of hydrogen-bond acceptors (Lipinski definition) is 3. The van der Waals surface area contributed by atoms with Crippen LogP contribution in [-0.2, 0) is 0 Å². The van der Waals surface area contributed by atoms with Crippen LogP contribution in [0.4, 0.5) is 0 Å². The highest BCUT2D eigenvalue weighted by atomic mass is 16.3. The highest BCUT2D eigenvalue weighted by molar-refractivity contribution is 5.20. The maximum Gasteiger partial charge on any atom is 0.0589 e. The average molecular weight is 248 g/mol. The van der Waals surface area contributed by atoms with Crippen LogP contribution < -0.4 is 5.73 Å². The molecule has 3 heteroatoms. The van der Waals surface area contributed by atoms with Crippen molar-refractivity contribution < 1.29 is 5.11 Å². The van der Waals surface area contributed by atoms with Gasteiger partial charge in [-0.15, -0.1) is 0 Å². The van der Waals surface area contributed by atoms with Crippen molar-refractivity contribution in [1.82, 2.24) is 4.90 Å². The summed E-state index contributed by atoms with van der Waals surface area (Å²) in [7, 11) is 0. The average Bonchev–Trinajstić information content (AvgIpc) is 2.78. The molecule has 3 unspecified atom stereocenters. The van der Waals surface area contributed by atoms with E-state index in [1.807, 2.05) is 6.07 Å². The van der Waals surface area contributed by atoms with Gasteiger partial charge in [0.05, 0.1) is 6.61 Å². The molecular formula is C15H24N2O. The van der Waals surface area contributed by atoms with Crippen molar-refractivity contribution in [2.75, 3.05) is 19.7 Å². The molecule has 3 N–H and O–H groups in total. The first-order valence-electron chi connectivity index (χ1n) is 6.89. The second kappa shape index (κ2) is 6.32. The summed E-state index contributed by atoms with van der Waals surface area (Å²) in [6.07, 6.45) is 2.12. The highest BCUT2D eigenvalue weighted by Crippen LogP contribution is 2.34. The van der Waals surface area contributed by atoms with E-state index in [1.54, 1.807) is 0 Å². The van der Waals surface area contributed by atoms with Crippen LogP contribution in [-0.4, -0.2) is 35.7 Å². The van der Waals surface area contributed by atoms with Gasteiger partial charge < -0.3 is 10.8 Å². The molecule has 18 heavy (non-hydrogen) atoms. The van der Waals surface area contributed by atoms with Crippen LogP contribution in [0.5, 0.6) is 0 Å². The van der Waals surface area contributed by atoms with Crippen LogP contribution in [0.15, 0.2) is 30.3 Å². The number of aliphatic hydroxyl groups excluding tert-OH is 1. The van der Waals surface area contributed by atoms with Crippen molar-refractivity contribution in [2.45, 2.75) is 31.8 Å². The Bertz CT molecular complexity index is 355. The molecule has 0 aromatic heterocycles. The van der Waals surface area contributed by atoms with Gasteiger partial charge in [0.15, 0.2) is 0 Å². The van der Waals surface area contributed by atoms with Crippen molar-refractivity contribution in [3.8, 4) is 0 Å². The molecule has 0 saturated carbocycles. The first-order chi connectivity index (χ1) is 8.77. The summed E-state index contributed by atoms with van der Waals surface area (Å²) in [4.78, 5) is 2.44. The third-order valence-corrected chi connectivity index (χ3v) is 4.14. The van der Waals surface area contributed by atoms with Crippen molar-refractivity contribution >= 4 is 0 Å². The Balaban J connectivity index is 2.20. The molecule has 1 heterocycles. The summed E-state index contributed by atoms with van der Waals surface area (Å²) >= 11 is 0. The Kier molecular flexibility index (Phi) is 4.75. The van der Waals surface area contributed by atoms with Gasteiger partial charge in [0.1, 0.15) is 0 Å². The Labute approximate surface area is 110 Å². The van der Waals surface area contributed by atoms with Crippen LogP contribution in [0.3, 0.4) is 0 Å². The molecule has 0 spiro atoms. The molecule has 3 nitrogen and oxygen atoms in total. The van der Waals surface area contributed by atoms with Crippen LogP contribution in [0.1, 0.15) is 31.4 Å². The lowest BCUT2D eigenvalue weighted by molar-refractivity contribution is 0.0990. The lowest BCUT2D eigenvalue weighted by Crippen LogP contribution is -2.38. The maximum absolute atomic E-state index is 9.60. The van der Waals surface area contributed by atoms with Crippen molar-refractivity contribution in [3.05, 3.63) is 35.9 Å². The first-order valence-corrected chi connectivity index (χ1v) is 6.89. The van der Waals surface area contributed by atoms with Gasteiger partial charge in [-0.25, -0.2) is 0 Å². The van der Waals surface area contributed by atoms with E-state index in [0.29, 0.717) is 18.5 Å². The summed E-state index contributed by atoms with van der Waals surface area (Å²) in [5.41, 5.74) is 7.08. The molecule has 3 atom stereocenters. The summed E-state index contributed by atoms with van der Waals surface area (Å²) in [6.45, 7) is 4.22. The van der Waals surface area contributed by atoms with Gasteiger partial charge in [0.25, 0.3) is 0 Å². The van der Waals surface area contributed by atoms with Gasteiger partial charge in [-0.05, 0) is 37.4 Å². The SMILES string of the molecule is CC1CCN(C(CCN)c2ccccc2)C1CO. The summed E-state index contributed by atoms with van der Waals surface area (Å²) in [5, 5.41) is 9.60. The molecule has 0 amide bonds. The fourth-order valence-electron chi connectivity index (χ4n) is 3.07. The fourth-order valence-corrected chi connectivity index (χ4v) is 3.07. The van der Waals surface area contributed by atoms with E-state index >= 15 is 0 Å². The molecule has 1 aromatic rings. The zero-order valence-corrected chi connectivity index (χ0v) is 11.1. The number of hydrogen-bond donors (Lipinski definition) is 2. The largest absolute Gasteiger partial charge is 0.395 e. The van der Waals surface area contributed by atoms with E-state index < -0.39 is 0 Å². The number of nitrogens with two attached hydrogens (primary N) is 1. The van der Waals surface area contributed by atoms with E-state index in [1.165, 1.54) is 12.0 Å². The molecule has 1 aromatic carbocycles. The number of aliphatic hydroxyl groups is 1. The molecule has 0 aliphatic carbocycles. The molecule has 0 radical (unpaired) electrons. The Morgan fingerprint density at radius 2 is 2.11 bits per heavy atom. The van der Waals surface area contributed by atoms with Gasteiger partial charge in [0.2, 0.25) is 0 Å². The van der Waals surface area contributed by atoms with Crippen molar-refractivity contribution in [2.24, 2.45) is 11.7 Å². The quantitative estimate of drug-likeness (QED) is 0.835. The standard InChI is InChI=1S/C15H24N2O/c1-12-8-10-17(15(12)11-18)14(7-9-16)13-5-3-2-4-6-13/h2-6,12,14-15,18H,7-11,16H2,1H3. The molecular weight excluding hydrogens is 224 g/mol. The topological polar surface area (TPSA) is 49.5 Å². The number of rotatable bonds is 5. The second-order valence-electron chi connectivity index (χ2n) is 5.26. The third-order valence-electron chi connectivity index (χ3n) is 4.14. The maximum atomic E-state index is 9.60. The van der Waals surface area contributed by atoms with Gasteiger partial charge in [-0.2, -0.15) is 0 Å². The zero-order chi connectivity index (χ0) is 13.0. The van der Waals surface area contributed by atoms with Gasteiger partial charge >= 0.3 is 0 Å². The summed E-state index contributed by atoms with van der Waals surface area (Å²) in [6, 6.07) is 11.1. The lowest BCUT2D eigenvalue weighted by Gasteiger charge is -2.33. The minimum Gasteiger partial charge on any atom is -0.395 e. The normalized spacial score (nSPS) is 26.4. The summed E-state index contributed by atoms with van der Waals surface area (Å²) < 4.78 is 0. The monoisotopic (exact) mass is 248 g/mol. The molecule has 1 aliphatic rings. The van der Waals surface area contributed by atoms with Crippen LogP contribution in [0, 0.1) is 5.92 Å². The predicted molar refractivity (Wildman–Crippen MR) is 74.2 cm³/mol. The minimum atomic E-state index is 0.245. The lowest BCUT2D eigenvalue weighted by atomic mass is 9.99. The van der Waals surface area contributed by atoms with Crippen LogP contribution in [0.2, 0.25) is 0 Å². The third kappa shape index (κ3) is 2.74. The smallest absolute Gasteiger partial charge is 0.0589 e. The predicted octanol–water partition coefficient (Wildman–Crippen LogP) is 1.78. The second-order valence-corrected chi connectivity index (χ2v) is 5.26. The zero-order valence-electron chi connectivity index (χ0n) is 11.1. The first kappa shape index (κ1) is 13.5. The number of likely N-dealkylation sites (tertiary alicyclic amines) is 1. The van der Waals surface area contributed by atoms with Crippen molar-refractivity contribution in [3.63, 3.8) is 0 Å². The van der Waals surface area contributed by atoms with Crippen LogP contribution in [0.25, 0.3) is 0 Å². The Morgan fingerprint density at radius 1 is 1.39 bits per heavy atom. The minimum absolute atomic E-state index is 0.245. The van der Waals surface area contributed by atoms with Gasteiger partial charge in [-0.3, -0.25) is 4.90 Å². The van der Waals surface area contributed by atoms with Crippen LogP contribution >= 0.6 is 0 Å². The Hall–Kier alpha value is -0.900. The van der Waals surface area contributed by atoms with E-state index in [4.69, 9.17) is 5.73 Å². The highest BCUT2D eigenvalue weighted by Gasteiger charge is 2.35. The molecule has 1 aliphatic heterocycles. The number of nitrogens with zero attached hydrogens (tertiary/aromatic N) is 1. The van der Waals surface area contributed by atoms with Crippen molar-refractivity contribution in [1.29, 1.82) is 0 Å². The molecule has 1 saturated heterocycles.